The second-order valence-corrected chi connectivity index (χ2v) is 9.06. The van der Waals surface area contributed by atoms with E-state index in [-0.39, 0.29) is 24.0 Å². The lowest BCUT2D eigenvalue weighted by atomic mass is 9.87. The maximum Gasteiger partial charge on any atom is 0.234 e. The molecule has 0 spiro atoms. The standard InChI is InChI=1S/C28H25N3O4S/c1-34-23-9-5-8-21(14-23)30-27(33)18-36-28-25(16-29)24(15-26(32)31-28)20-10-12-22(13-11-20)35-17-19-6-3-2-4-7-19/h2-14,24H,15,17-18H2,1H3,(H,30,33)(H,31,32). The Morgan fingerprint density at radius 2 is 1.86 bits per heavy atom. The van der Waals surface area contributed by atoms with Crippen molar-refractivity contribution in [1.82, 2.24) is 5.32 Å². The van der Waals surface area contributed by atoms with Gasteiger partial charge >= 0.3 is 0 Å². The molecule has 8 heteroatoms. The second kappa shape index (κ2) is 12.0. The first-order valence-electron chi connectivity index (χ1n) is 11.3. The van der Waals surface area contributed by atoms with E-state index in [1.54, 1.807) is 31.4 Å². The number of benzene rings is 3. The molecule has 1 unspecified atom stereocenters. The van der Waals surface area contributed by atoms with Gasteiger partial charge in [0.1, 0.15) is 18.1 Å². The summed E-state index contributed by atoms with van der Waals surface area (Å²) in [5.41, 5.74) is 2.95. The van der Waals surface area contributed by atoms with Crippen LogP contribution in [-0.4, -0.2) is 24.7 Å². The maximum absolute atomic E-state index is 12.5. The summed E-state index contributed by atoms with van der Waals surface area (Å²) in [5, 5.41) is 15.9. The zero-order valence-electron chi connectivity index (χ0n) is 19.7. The van der Waals surface area contributed by atoms with Crippen LogP contribution in [0.25, 0.3) is 0 Å². The van der Waals surface area contributed by atoms with E-state index < -0.39 is 5.92 Å². The van der Waals surface area contributed by atoms with Crippen LogP contribution in [0.5, 0.6) is 11.5 Å². The molecular weight excluding hydrogens is 474 g/mol. The SMILES string of the molecule is COc1cccc(NC(=O)CSC2=C(C#N)C(c3ccc(OCc4ccccc4)cc3)CC(=O)N2)c1. The average molecular weight is 500 g/mol. The zero-order valence-corrected chi connectivity index (χ0v) is 20.5. The van der Waals surface area contributed by atoms with Gasteiger partial charge in [-0.2, -0.15) is 5.26 Å². The smallest absolute Gasteiger partial charge is 0.234 e. The van der Waals surface area contributed by atoms with Gasteiger partial charge in [0.2, 0.25) is 11.8 Å². The third kappa shape index (κ3) is 6.46. The molecule has 0 saturated carbocycles. The molecule has 3 aromatic carbocycles. The zero-order chi connectivity index (χ0) is 25.3. The minimum absolute atomic E-state index is 0.0387. The molecule has 0 bridgehead atoms. The van der Waals surface area contributed by atoms with Gasteiger partial charge in [-0.1, -0.05) is 60.3 Å². The number of rotatable bonds is 9. The lowest BCUT2D eigenvalue weighted by Gasteiger charge is -2.25. The molecule has 0 fully saturated rings. The molecule has 2 N–H and O–H groups in total. The van der Waals surface area contributed by atoms with E-state index in [0.717, 1.165) is 22.9 Å². The summed E-state index contributed by atoms with van der Waals surface area (Å²) in [6.45, 7) is 0.452. The van der Waals surface area contributed by atoms with Crippen LogP contribution in [0.15, 0.2) is 89.5 Å². The van der Waals surface area contributed by atoms with Crippen LogP contribution < -0.4 is 20.1 Å². The number of hydrogen-bond donors (Lipinski definition) is 2. The molecule has 0 aromatic heterocycles. The molecular formula is C28H25N3O4S. The number of carbonyl (C=O) groups excluding carboxylic acids is 2. The molecule has 7 nitrogen and oxygen atoms in total. The van der Waals surface area contributed by atoms with E-state index in [1.165, 1.54) is 0 Å². The van der Waals surface area contributed by atoms with E-state index >= 15 is 0 Å². The molecule has 4 rings (SSSR count). The van der Waals surface area contributed by atoms with Gasteiger partial charge < -0.3 is 20.1 Å². The van der Waals surface area contributed by atoms with Crippen LogP contribution in [0.2, 0.25) is 0 Å². The number of nitriles is 1. The first kappa shape index (κ1) is 24.9. The third-order valence-electron chi connectivity index (χ3n) is 5.59. The largest absolute Gasteiger partial charge is 0.497 e. The number of amides is 2. The molecule has 36 heavy (non-hydrogen) atoms. The highest BCUT2D eigenvalue weighted by Gasteiger charge is 2.30. The first-order chi connectivity index (χ1) is 17.6. The summed E-state index contributed by atoms with van der Waals surface area (Å²) >= 11 is 1.14. The van der Waals surface area contributed by atoms with Crippen LogP contribution in [0.1, 0.15) is 23.5 Å². The average Bonchev–Trinajstić information content (AvgIpc) is 2.91. The van der Waals surface area contributed by atoms with Crippen molar-refractivity contribution in [2.45, 2.75) is 18.9 Å². The highest BCUT2D eigenvalue weighted by atomic mass is 32.2. The van der Waals surface area contributed by atoms with Crippen molar-refractivity contribution < 1.29 is 19.1 Å². The van der Waals surface area contributed by atoms with Crippen LogP contribution in [0.4, 0.5) is 5.69 Å². The van der Waals surface area contributed by atoms with Crippen molar-refractivity contribution in [3.05, 3.63) is 101 Å². The van der Waals surface area contributed by atoms with Gasteiger partial charge in [0, 0.05) is 24.1 Å². The molecule has 182 valence electrons. The highest BCUT2D eigenvalue weighted by Crippen LogP contribution is 2.36. The Bertz CT molecular complexity index is 1300. The number of carbonyl (C=O) groups is 2. The Balaban J connectivity index is 1.42. The van der Waals surface area contributed by atoms with Gasteiger partial charge in [-0.25, -0.2) is 0 Å². The maximum atomic E-state index is 12.5. The summed E-state index contributed by atoms with van der Waals surface area (Å²) < 4.78 is 11.0. The molecule has 0 saturated heterocycles. The van der Waals surface area contributed by atoms with E-state index in [4.69, 9.17) is 9.47 Å². The fraction of sp³-hybridized carbons (Fsp3) is 0.179. The number of methoxy groups -OCH3 is 1. The summed E-state index contributed by atoms with van der Waals surface area (Å²) in [6, 6.07) is 26.6. The van der Waals surface area contributed by atoms with Crippen LogP contribution in [0, 0.1) is 11.3 Å². The quantitative estimate of drug-likeness (QED) is 0.431. The fourth-order valence-corrected chi connectivity index (χ4v) is 4.67. The monoisotopic (exact) mass is 499 g/mol. The number of nitrogens with one attached hydrogen (secondary N) is 2. The molecule has 1 atom stereocenters. The van der Waals surface area contributed by atoms with Gasteiger partial charge in [0.25, 0.3) is 0 Å². The number of ether oxygens (including phenoxy) is 2. The molecule has 0 radical (unpaired) electrons. The molecule has 1 aliphatic rings. The van der Waals surface area contributed by atoms with Gasteiger partial charge in [0.05, 0.1) is 29.5 Å². The Kier molecular flexibility index (Phi) is 8.27. The van der Waals surface area contributed by atoms with E-state index in [0.29, 0.717) is 34.4 Å². The number of anilines is 1. The number of nitrogens with zero attached hydrogens (tertiary/aromatic N) is 1. The first-order valence-corrected chi connectivity index (χ1v) is 12.3. The molecule has 2 amide bonds. The lowest BCUT2D eigenvalue weighted by molar-refractivity contribution is -0.121. The molecule has 0 aliphatic carbocycles. The van der Waals surface area contributed by atoms with Gasteiger partial charge in [-0.05, 0) is 35.4 Å². The normalized spacial score (nSPS) is 15.0. The summed E-state index contributed by atoms with van der Waals surface area (Å²) in [5.74, 6) is 0.532. The van der Waals surface area contributed by atoms with Crippen molar-refractivity contribution in [3.63, 3.8) is 0 Å². The molecule has 1 heterocycles. The Hall–Kier alpha value is -4.22. The predicted molar refractivity (Wildman–Crippen MR) is 139 cm³/mol. The molecule has 1 aliphatic heterocycles. The van der Waals surface area contributed by atoms with Gasteiger partial charge in [-0.3, -0.25) is 9.59 Å². The lowest BCUT2D eigenvalue weighted by Crippen LogP contribution is -2.31. The number of thioether (sulfide) groups is 1. The minimum atomic E-state index is -0.393. The van der Waals surface area contributed by atoms with E-state index in [9.17, 15) is 14.9 Å². The van der Waals surface area contributed by atoms with Crippen molar-refractivity contribution in [3.8, 4) is 17.6 Å². The Morgan fingerprint density at radius 1 is 1.08 bits per heavy atom. The summed E-state index contributed by atoms with van der Waals surface area (Å²) in [7, 11) is 1.56. The number of hydrogen-bond acceptors (Lipinski definition) is 6. The van der Waals surface area contributed by atoms with Gasteiger partial charge in [-0.15, -0.1) is 0 Å². The van der Waals surface area contributed by atoms with Crippen LogP contribution in [0.3, 0.4) is 0 Å². The summed E-state index contributed by atoms with van der Waals surface area (Å²) in [4.78, 5) is 24.9. The topological polar surface area (TPSA) is 100 Å². The van der Waals surface area contributed by atoms with E-state index in [1.807, 2.05) is 54.6 Å². The third-order valence-corrected chi connectivity index (χ3v) is 6.61. The fourth-order valence-electron chi connectivity index (χ4n) is 3.79. The summed E-state index contributed by atoms with van der Waals surface area (Å²) in [6.07, 6.45) is 0.160. The predicted octanol–water partition coefficient (Wildman–Crippen LogP) is 4.98. The molecule has 3 aromatic rings. The second-order valence-electron chi connectivity index (χ2n) is 8.07. The number of allylic oxidation sites excluding steroid dienone is 1. The van der Waals surface area contributed by atoms with Crippen molar-refractivity contribution >= 4 is 29.3 Å². The Labute approximate surface area is 214 Å². The van der Waals surface area contributed by atoms with E-state index in [2.05, 4.69) is 16.7 Å². The Morgan fingerprint density at radius 3 is 2.58 bits per heavy atom. The van der Waals surface area contributed by atoms with Crippen molar-refractivity contribution in [2.75, 3.05) is 18.2 Å². The van der Waals surface area contributed by atoms with Gasteiger partial charge in [0.15, 0.2) is 0 Å². The highest BCUT2D eigenvalue weighted by molar-refractivity contribution is 8.03. The van der Waals surface area contributed by atoms with Crippen LogP contribution in [-0.2, 0) is 16.2 Å². The van der Waals surface area contributed by atoms with Crippen LogP contribution >= 0.6 is 11.8 Å². The van der Waals surface area contributed by atoms with Crippen molar-refractivity contribution in [1.29, 1.82) is 5.26 Å². The minimum Gasteiger partial charge on any atom is -0.497 e. The van der Waals surface area contributed by atoms with Crippen molar-refractivity contribution in [2.24, 2.45) is 0 Å².